The predicted octanol–water partition coefficient (Wildman–Crippen LogP) is 2.39. The highest BCUT2D eigenvalue weighted by Crippen LogP contribution is 2.43. The van der Waals surface area contributed by atoms with Crippen molar-refractivity contribution in [3.05, 3.63) is 35.9 Å². The van der Waals surface area contributed by atoms with Gasteiger partial charge in [-0.2, -0.15) is 0 Å². The third kappa shape index (κ3) is 3.62. The van der Waals surface area contributed by atoms with Gasteiger partial charge in [-0.25, -0.2) is 0 Å². The summed E-state index contributed by atoms with van der Waals surface area (Å²) in [6.45, 7) is 0.887. The summed E-state index contributed by atoms with van der Waals surface area (Å²) < 4.78 is 18.1. The summed E-state index contributed by atoms with van der Waals surface area (Å²) in [5.74, 6) is -0.589. The van der Waals surface area contributed by atoms with Crippen molar-refractivity contribution in [3.63, 3.8) is 0 Å². The van der Waals surface area contributed by atoms with Crippen LogP contribution < -0.4 is 0 Å². The van der Waals surface area contributed by atoms with Crippen molar-refractivity contribution in [2.24, 2.45) is 5.92 Å². The second kappa shape index (κ2) is 7.33. The second-order valence-corrected chi connectivity index (χ2v) is 7.66. The Bertz CT molecular complexity index is 556. The molecule has 3 fully saturated rings. The first kappa shape index (κ1) is 17.4. The Morgan fingerprint density at radius 2 is 1.84 bits per heavy atom. The van der Waals surface area contributed by atoms with Gasteiger partial charge in [-0.05, 0) is 24.8 Å². The minimum atomic E-state index is -0.731. The van der Waals surface area contributed by atoms with Crippen molar-refractivity contribution < 1.29 is 24.4 Å². The van der Waals surface area contributed by atoms with Crippen LogP contribution in [0.1, 0.15) is 44.1 Å². The molecule has 2 saturated carbocycles. The van der Waals surface area contributed by atoms with Crippen LogP contribution in [0.4, 0.5) is 0 Å². The molecular formula is C20H28O5. The summed E-state index contributed by atoms with van der Waals surface area (Å²) in [7, 11) is 0. The van der Waals surface area contributed by atoms with Gasteiger partial charge in [0.1, 0.15) is 6.10 Å². The number of rotatable bonds is 4. The van der Waals surface area contributed by atoms with Gasteiger partial charge in [-0.1, -0.05) is 36.8 Å². The van der Waals surface area contributed by atoms with E-state index >= 15 is 0 Å². The number of ether oxygens (including phenoxy) is 3. The van der Waals surface area contributed by atoms with E-state index in [4.69, 9.17) is 14.2 Å². The van der Waals surface area contributed by atoms with E-state index in [0.29, 0.717) is 19.6 Å². The Labute approximate surface area is 148 Å². The average molecular weight is 348 g/mol. The summed E-state index contributed by atoms with van der Waals surface area (Å²) in [4.78, 5) is 0. The van der Waals surface area contributed by atoms with Crippen LogP contribution in [0.2, 0.25) is 0 Å². The molecule has 0 bridgehead atoms. The molecule has 0 amide bonds. The lowest BCUT2D eigenvalue weighted by molar-refractivity contribution is -0.195. The molecule has 0 unspecified atom stereocenters. The number of hydrogen-bond donors (Lipinski definition) is 2. The minimum Gasteiger partial charge on any atom is -0.390 e. The zero-order valence-electron chi connectivity index (χ0n) is 14.5. The van der Waals surface area contributed by atoms with Crippen LogP contribution in [0.5, 0.6) is 0 Å². The molecule has 1 aliphatic heterocycles. The van der Waals surface area contributed by atoms with Crippen molar-refractivity contribution in [2.75, 3.05) is 6.61 Å². The molecule has 1 saturated heterocycles. The third-order valence-corrected chi connectivity index (χ3v) is 5.92. The maximum Gasteiger partial charge on any atom is 0.168 e. The zero-order valence-corrected chi connectivity index (χ0v) is 14.5. The standard InChI is InChI=1S/C20H28O5/c21-16-11-15(17-13-24-20(25-17)9-5-2-6-10-20)18(22)19(16)23-12-14-7-3-1-4-8-14/h1,3-4,7-8,15-19,21-22H,2,5-6,9-13H2/t15-,16+,17-,18-,19-/m1/s1. The summed E-state index contributed by atoms with van der Waals surface area (Å²) in [5.41, 5.74) is 1.03. The summed E-state index contributed by atoms with van der Waals surface area (Å²) in [6, 6.07) is 9.82. The number of aliphatic hydroxyl groups is 2. The Morgan fingerprint density at radius 1 is 1.08 bits per heavy atom. The molecule has 1 aromatic carbocycles. The SMILES string of the molecule is O[C@@H]1[C@@H]([C@H]2COC3(CCCCC3)O2)C[C@H](O)[C@H]1OCc1ccccc1. The first-order valence-electron chi connectivity index (χ1n) is 9.50. The molecule has 5 nitrogen and oxygen atoms in total. The van der Waals surface area contributed by atoms with Gasteiger partial charge in [-0.15, -0.1) is 0 Å². The molecule has 25 heavy (non-hydrogen) atoms. The fourth-order valence-electron chi connectivity index (χ4n) is 4.51. The highest BCUT2D eigenvalue weighted by molar-refractivity contribution is 5.13. The lowest BCUT2D eigenvalue weighted by atomic mass is 9.94. The fourth-order valence-corrected chi connectivity index (χ4v) is 4.51. The van der Waals surface area contributed by atoms with Gasteiger partial charge < -0.3 is 24.4 Å². The lowest BCUT2D eigenvalue weighted by Gasteiger charge is -2.32. The number of benzene rings is 1. The van der Waals surface area contributed by atoms with Gasteiger partial charge in [0.25, 0.3) is 0 Å². The van der Waals surface area contributed by atoms with E-state index in [2.05, 4.69) is 0 Å². The number of hydrogen-bond acceptors (Lipinski definition) is 5. The maximum absolute atomic E-state index is 10.7. The molecule has 2 aliphatic carbocycles. The fraction of sp³-hybridized carbons (Fsp3) is 0.700. The van der Waals surface area contributed by atoms with Crippen molar-refractivity contribution in [3.8, 4) is 0 Å². The minimum absolute atomic E-state index is 0.142. The molecule has 1 aromatic rings. The van der Waals surface area contributed by atoms with E-state index in [1.54, 1.807) is 0 Å². The van der Waals surface area contributed by atoms with Gasteiger partial charge >= 0.3 is 0 Å². The molecule has 5 heteroatoms. The van der Waals surface area contributed by atoms with Crippen molar-refractivity contribution >= 4 is 0 Å². The molecule has 1 heterocycles. The van der Waals surface area contributed by atoms with Crippen LogP contribution >= 0.6 is 0 Å². The molecule has 5 atom stereocenters. The lowest BCUT2D eigenvalue weighted by Crippen LogP contribution is -2.39. The average Bonchev–Trinajstić information content (AvgIpc) is 3.16. The van der Waals surface area contributed by atoms with Crippen LogP contribution in [-0.2, 0) is 20.8 Å². The van der Waals surface area contributed by atoms with Crippen molar-refractivity contribution in [1.82, 2.24) is 0 Å². The smallest absolute Gasteiger partial charge is 0.168 e. The highest BCUT2D eigenvalue weighted by atomic mass is 16.7. The predicted molar refractivity (Wildman–Crippen MR) is 91.8 cm³/mol. The molecule has 2 N–H and O–H groups in total. The van der Waals surface area contributed by atoms with E-state index in [1.165, 1.54) is 6.42 Å². The van der Waals surface area contributed by atoms with E-state index in [9.17, 15) is 10.2 Å². The molecule has 0 radical (unpaired) electrons. The second-order valence-electron chi connectivity index (χ2n) is 7.66. The van der Waals surface area contributed by atoms with Gasteiger partial charge in [0, 0.05) is 18.8 Å². The monoisotopic (exact) mass is 348 g/mol. The molecule has 3 aliphatic rings. The molecular weight excluding hydrogens is 320 g/mol. The quantitative estimate of drug-likeness (QED) is 0.874. The van der Waals surface area contributed by atoms with E-state index in [-0.39, 0.29) is 12.0 Å². The van der Waals surface area contributed by atoms with Crippen molar-refractivity contribution in [1.29, 1.82) is 0 Å². The van der Waals surface area contributed by atoms with Crippen LogP contribution in [-0.4, -0.2) is 47.0 Å². The number of aliphatic hydroxyl groups excluding tert-OH is 2. The van der Waals surface area contributed by atoms with Crippen LogP contribution in [0.25, 0.3) is 0 Å². The van der Waals surface area contributed by atoms with Gasteiger partial charge in [-0.3, -0.25) is 0 Å². The summed E-state index contributed by atoms with van der Waals surface area (Å²) in [5, 5.41) is 21.1. The third-order valence-electron chi connectivity index (χ3n) is 5.92. The van der Waals surface area contributed by atoms with Crippen molar-refractivity contribution in [2.45, 2.75) is 75.3 Å². The van der Waals surface area contributed by atoms with Gasteiger partial charge in [0.05, 0.1) is 31.5 Å². The molecule has 1 spiro atoms. The summed E-state index contributed by atoms with van der Waals surface area (Å²) in [6.07, 6.45) is 3.72. The normalized spacial score (nSPS) is 37.6. The maximum atomic E-state index is 10.7. The van der Waals surface area contributed by atoms with Crippen LogP contribution in [0.15, 0.2) is 30.3 Å². The Hall–Kier alpha value is -0.980. The molecule has 0 aromatic heterocycles. The largest absolute Gasteiger partial charge is 0.390 e. The van der Waals surface area contributed by atoms with Gasteiger partial charge in [0.15, 0.2) is 5.79 Å². The summed E-state index contributed by atoms with van der Waals surface area (Å²) >= 11 is 0. The molecule has 4 rings (SSSR count). The first-order chi connectivity index (χ1) is 12.2. The Morgan fingerprint density at radius 3 is 2.60 bits per heavy atom. The highest BCUT2D eigenvalue weighted by Gasteiger charge is 2.52. The van der Waals surface area contributed by atoms with E-state index in [1.807, 2.05) is 30.3 Å². The topological polar surface area (TPSA) is 68.2 Å². The zero-order chi connectivity index (χ0) is 17.3. The van der Waals surface area contributed by atoms with Crippen LogP contribution in [0.3, 0.4) is 0 Å². The Kier molecular flexibility index (Phi) is 5.11. The van der Waals surface area contributed by atoms with Crippen LogP contribution in [0, 0.1) is 5.92 Å². The van der Waals surface area contributed by atoms with E-state index in [0.717, 1.165) is 31.2 Å². The van der Waals surface area contributed by atoms with Gasteiger partial charge in [0.2, 0.25) is 0 Å². The molecule has 138 valence electrons. The Balaban J connectivity index is 1.36. The van der Waals surface area contributed by atoms with E-state index < -0.39 is 24.1 Å². The first-order valence-corrected chi connectivity index (χ1v) is 9.50.